The van der Waals surface area contributed by atoms with E-state index >= 15 is 0 Å². The van der Waals surface area contributed by atoms with Gasteiger partial charge in [0.25, 0.3) is 0 Å². The van der Waals surface area contributed by atoms with Crippen molar-refractivity contribution in [2.45, 2.75) is 83.7 Å². The lowest BCUT2D eigenvalue weighted by atomic mass is 9.88. The molecule has 0 radical (unpaired) electrons. The van der Waals surface area contributed by atoms with Crippen LogP contribution >= 0.6 is 0 Å². The first-order valence-corrected chi connectivity index (χ1v) is 13.3. The van der Waals surface area contributed by atoms with E-state index < -0.39 is 29.9 Å². The first-order chi connectivity index (χ1) is 17.9. The van der Waals surface area contributed by atoms with Gasteiger partial charge in [-0.25, -0.2) is 0 Å². The van der Waals surface area contributed by atoms with Gasteiger partial charge in [0.15, 0.2) is 0 Å². The maximum atomic E-state index is 13.4. The molecule has 3 rings (SSSR count). The van der Waals surface area contributed by atoms with Crippen LogP contribution in [0.3, 0.4) is 0 Å². The van der Waals surface area contributed by atoms with E-state index in [2.05, 4.69) is 43.4 Å². The highest BCUT2D eigenvalue weighted by atomic mass is 19.4. The van der Waals surface area contributed by atoms with E-state index in [4.69, 9.17) is 9.47 Å². The van der Waals surface area contributed by atoms with Crippen molar-refractivity contribution in [2.24, 2.45) is 5.92 Å². The molecule has 0 amide bonds. The summed E-state index contributed by atoms with van der Waals surface area (Å²) < 4.78 is 50.9. The SMILES string of the molecule is CCOC(=O)CCc1ccc(C(F)(F)F)cc1[C@@H](C)OC[C@H](O)CNC(C)(C)CC1Cc2ccccc2C1. The number of esters is 1. The van der Waals surface area contributed by atoms with Crippen LogP contribution in [0.2, 0.25) is 0 Å². The van der Waals surface area contributed by atoms with Gasteiger partial charge in [0.05, 0.1) is 31.0 Å². The summed E-state index contributed by atoms with van der Waals surface area (Å²) in [5.41, 5.74) is 2.79. The molecule has 0 aliphatic heterocycles. The van der Waals surface area contributed by atoms with Gasteiger partial charge >= 0.3 is 12.1 Å². The molecule has 0 unspecified atom stereocenters. The Labute approximate surface area is 223 Å². The fourth-order valence-electron chi connectivity index (χ4n) is 5.23. The van der Waals surface area contributed by atoms with Gasteiger partial charge in [-0.05, 0) is 93.7 Å². The van der Waals surface area contributed by atoms with Crippen molar-refractivity contribution in [3.05, 3.63) is 70.3 Å². The molecule has 0 fully saturated rings. The zero-order chi connectivity index (χ0) is 27.9. The fraction of sp³-hybridized carbons (Fsp3) is 0.567. The van der Waals surface area contributed by atoms with Crippen molar-refractivity contribution in [2.75, 3.05) is 19.8 Å². The van der Waals surface area contributed by atoms with Crippen molar-refractivity contribution in [1.82, 2.24) is 5.32 Å². The van der Waals surface area contributed by atoms with Gasteiger partial charge in [-0.15, -0.1) is 0 Å². The predicted octanol–water partition coefficient (Wildman–Crippen LogP) is 5.81. The molecule has 8 heteroatoms. The largest absolute Gasteiger partial charge is 0.466 e. The molecule has 2 atom stereocenters. The summed E-state index contributed by atoms with van der Waals surface area (Å²) in [6.07, 6.45) is -2.65. The molecular weight excluding hydrogens is 495 g/mol. The summed E-state index contributed by atoms with van der Waals surface area (Å²) in [5, 5.41) is 14.0. The van der Waals surface area contributed by atoms with Gasteiger partial charge in [0, 0.05) is 18.5 Å². The van der Waals surface area contributed by atoms with Crippen LogP contribution < -0.4 is 5.32 Å². The lowest BCUT2D eigenvalue weighted by molar-refractivity contribution is -0.143. The third-order valence-electron chi connectivity index (χ3n) is 7.10. The van der Waals surface area contributed by atoms with Crippen LogP contribution in [0.25, 0.3) is 0 Å². The Bertz CT molecular complexity index is 1040. The number of halogens is 3. The number of β-amino-alcohol motifs (C(OH)–C–C–N with tert-alkyl or cyclic N) is 1. The van der Waals surface area contributed by atoms with E-state index in [0.29, 0.717) is 23.6 Å². The van der Waals surface area contributed by atoms with Crippen LogP contribution in [-0.4, -0.2) is 42.5 Å². The Morgan fingerprint density at radius 2 is 1.79 bits per heavy atom. The molecule has 2 N–H and O–H groups in total. The molecular formula is C30H40F3NO4. The number of aliphatic hydroxyl groups is 1. The number of hydrogen-bond donors (Lipinski definition) is 2. The number of aliphatic hydroxyl groups excluding tert-OH is 1. The Balaban J connectivity index is 1.53. The van der Waals surface area contributed by atoms with Gasteiger partial charge in [-0.2, -0.15) is 13.2 Å². The number of hydrogen-bond acceptors (Lipinski definition) is 5. The molecule has 0 saturated heterocycles. The number of aryl methyl sites for hydroxylation is 1. The van der Waals surface area contributed by atoms with Crippen LogP contribution in [-0.2, 0) is 39.7 Å². The monoisotopic (exact) mass is 535 g/mol. The maximum Gasteiger partial charge on any atom is 0.416 e. The summed E-state index contributed by atoms with van der Waals surface area (Å²) in [7, 11) is 0. The second-order valence-corrected chi connectivity index (χ2v) is 10.9. The van der Waals surface area contributed by atoms with E-state index in [9.17, 15) is 23.1 Å². The third kappa shape index (κ3) is 8.82. The van der Waals surface area contributed by atoms with E-state index in [1.54, 1.807) is 13.8 Å². The first-order valence-electron chi connectivity index (χ1n) is 13.3. The molecule has 1 aliphatic carbocycles. The zero-order valence-electron chi connectivity index (χ0n) is 22.7. The highest BCUT2D eigenvalue weighted by Gasteiger charge is 2.32. The lowest BCUT2D eigenvalue weighted by Gasteiger charge is -2.31. The Kier molecular flexibility index (Phi) is 10.4. The summed E-state index contributed by atoms with van der Waals surface area (Å²) in [4.78, 5) is 11.8. The molecule has 0 saturated carbocycles. The Hall–Kier alpha value is -2.42. The molecule has 210 valence electrons. The summed E-state index contributed by atoms with van der Waals surface area (Å²) in [5.74, 6) is 0.134. The van der Waals surface area contributed by atoms with Crippen molar-refractivity contribution >= 4 is 5.97 Å². The van der Waals surface area contributed by atoms with E-state index in [1.165, 1.54) is 17.2 Å². The maximum absolute atomic E-state index is 13.4. The second-order valence-electron chi connectivity index (χ2n) is 10.9. The second kappa shape index (κ2) is 13.1. The van der Waals surface area contributed by atoms with Gasteiger partial charge in [-0.1, -0.05) is 30.3 Å². The van der Waals surface area contributed by atoms with Gasteiger partial charge in [-0.3, -0.25) is 4.79 Å². The van der Waals surface area contributed by atoms with Crippen LogP contribution in [0, 0.1) is 5.92 Å². The van der Waals surface area contributed by atoms with Crippen LogP contribution in [0.15, 0.2) is 42.5 Å². The van der Waals surface area contributed by atoms with Crippen molar-refractivity contribution in [3.8, 4) is 0 Å². The van der Waals surface area contributed by atoms with E-state index in [-0.39, 0.29) is 31.6 Å². The minimum absolute atomic E-state index is 0.0350. The topological polar surface area (TPSA) is 67.8 Å². The van der Waals surface area contributed by atoms with Crippen LogP contribution in [0.4, 0.5) is 13.2 Å². The van der Waals surface area contributed by atoms with Crippen molar-refractivity contribution < 1.29 is 32.5 Å². The molecule has 0 bridgehead atoms. The fourth-order valence-corrected chi connectivity index (χ4v) is 5.23. The number of ether oxygens (including phenoxy) is 2. The number of benzene rings is 2. The lowest BCUT2D eigenvalue weighted by Crippen LogP contribution is -2.45. The van der Waals surface area contributed by atoms with E-state index in [1.807, 2.05) is 0 Å². The zero-order valence-corrected chi connectivity index (χ0v) is 22.7. The highest BCUT2D eigenvalue weighted by molar-refractivity contribution is 5.69. The summed E-state index contributed by atoms with van der Waals surface area (Å²) in [6.45, 7) is 8.10. The summed E-state index contributed by atoms with van der Waals surface area (Å²) >= 11 is 0. The number of alkyl halides is 3. The number of fused-ring (bicyclic) bond motifs is 1. The van der Waals surface area contributed by atoms with Crippen molar-refractivity contribution in [1.29, 1.82) is 0 Å². The smallest absolute Gasteiger partial charge is 0.416 e. The standard InChI is InChI=1S/C30H40F3NO4/c1-5-37-28(36)13-11-22-10-12-25(30(31,32)33)16-27(22)20(2)38-19-26(35)18-34-29(3,4)17-21-14-23-8-6-7-9-24(23)15-21/h6-10,12,16,20-21,26,34-35H,5,11,13-15,17-19H2,1-4H3/t20-,26-/m1/s1. The first kappa shape index (κ1) is 30.1. The number of nitrogens with one attached hydrogen (secondary N) is 1. The quantitative estimate of drug-likeness (QED) is 0.317. The molecule has 5 nitrogen and oxygen atoms in total. The average molecular weight is 536 g/mol. The van der Waals surface area contributed by atoms with Gasteiger partial charge in [0.1, 0.15) is 0 Å². The normalized spacial score (nSPS) is 15.8. The average Bonchev–Trinajstić information content (AvgIpc) is 3.26. The molecule has 1 aliphatic rings. The highest BCUT2D eigenvalue weighted by Crippen LogP contribution is 2.34. The van der Waals surface area contributed by atoms with Gasteiger partial charge < -0.3 is 19.9 Å². The molecule has 0 heterocycles. The molecule has 2 aromatic carbocycles. The van der Waals surface area contributed by atoms with Crippen LogP contribution in [0.5, 0.6) is 0 Å². The van der Waals surface area contributed by atoms with Crippen molar-refractivity contribution in [3.63, 3.8) is 0 Å². The van der Waals surface area contributed by atoms with E-state index in [0.717, 1.165) is 31.4 Å². The Morgan fingerprint density at radius 1 is 1.13 bits per heavy atom. The minimum atomic E-state index is -4.50. The molecule has 2 aromatic rings. The molecule has 0 aromatic heterocycles. The third-order valence-corrected chi connectivity index (χ3v) is 7.10. The Morgan fingerprint density at radius 3 is 2.39 bits per heavy atom. The van der Waals surface area contributed by atoms with Gasteiger partial charge in [0.2, 0.25) is 0 Å². The molecule has 38 heavy (non-hydrogen) atoms. The minimum Gasteiger partial charge on any atom is -0.466 e. The summed E-state index contributed by atoms with van der Waals surface area (Å²) in [6, 6.07) is 12.0. The number of carbonyl (C=O) groups excluding carboxylic acids is 1. The molecule has 0 spiro atoms. The van der Waals surface area contributed by atoms with Crippen LogP contribution in [0.1, 0.15) is 74.5 Å². The predicted molar refractivity (Wildman–Crippen MR) is 141 cm³/mol. The number of carbonyl (C=O) groups is 1. The number of rotatable bonds is 13.